The van der Waals surface area contributed by atoms with Crippen LogP contribution in [-0.4, -0.2) is 34.7 Å². The molecule has 2 fully saturated rings. The second-order valence-electron chi connectivity index (χ2n) is 6.66. The molecule has 1 saturated heterocycles. The van der Waals surface area contributed by atoms with E-state index in [1.165, 1.54) is 19.3 Å². The minimum Gasteiger partial charge on any atom is -0.487 e. The molecule has 1 saturated carbocycles. The lowest BCUT2D eigenvalue weighted by molar-refractivity contribution is -0.0654. The van der Waals surface area contributed by atoms with Gasteiger partial charge in [0.15, 0.2) is 0 Å². The number of benzene rings is 1. The second kappa shape index (κ2) is 4.74. The largest absolute Gasteiger partial charge is 0.487 e. The van der Waals surface area contributed by atoms with Crippen LogP contribution in [-0.2, 0) is 0 Å². The van der Waals surface area contributed by atoms with Crippen LogP contribution >= 0.6 is 0 Å². The van der Waals surface area contributed by atoms with E-state index in [9.17, 15) is 5.11 Å². The third-order valence-electron chi connectivity index (χ3n) is 5.47. The van der Waals surface area contributed by atoms with Gasteiger partial charge in [-0.15, -0.1) is 0 Å². The van der Waals surface area contributed by atoms with Gasteiger partial charge in [-0.25, -0.2) is 0 Å². The van der Waals surface area contributed by atoms with Crippen LogP contribution in [0.3, 0.4) is 0 Å². The Kier molecular flexibility index (Phi) is 3.00. The summed E-state index contributed by atoms with van der Waals surface area (Å²) >= 11 is 0. The van der Waals surface area contributed by atoms with Crippen molar-refractivity contribution in [1.29, 1.82) is 0 Å². The molecule has 0 aromatic heterocycles. The van der Waals surface area contributed by atoms with Crippen molar-refractivity contribution in [3.8, 4) is 5.75 Å². The van der Waals surface area contributed by atoms with E-state index in [4.69, 9.17) is 4.74 Å². The summed E-state index contributed by atoms with van der Waals surface area (Å²) in [6.45, 7) is 2.25. The summed E-state index contributed by atoms with van der Waals surface area (Å²) in [5, 5.41) is 10.4. The average molecular weight is 273 g/mol. The monoisotopic (exact) mass is 273 g/mol. The summed E-state index contributed by atoms with van der Waals surface area (Å²) in [5.41, 5.74) is 0.827. The SMILES string of the molecule is O[C@@H]1CC2(CCN(C3CCC3)CC2)Oc2ccccc21. The standard InChI is InChI=1S/C17H23NO2/c19-15-12-17(20-16-7-2-1-6-14(15)16)8-10-18(11-9-17)13-4-3-5-13/h1-2,6-7,13,15,19H,3-5,8-12H2/t15-/m1/s1. The molecule has 0 bridgehead atoms. The highest BCUT2D eigenvalue weighted by Gasteiger charge is 2.44. The molecule has 0 amide bonds. The highest BCUT2D eigenvalue weighted by Crippen LogP contribution is 2.44. The summed E-state index contributed by atoms with van der Waals surface area (Å²) in [5.74, 6) is 0.892. The minimum absolute atomic E-state index is 0.131. The predicted molar refractivity (Wildman–Crippen MR) is 77.8 cm³/mol. The predicted octanol–water partition coefficient (Wildman–Crippen LogP) is 2.89. The first-order valence-corrected chi connectivity index (χ1v) is 7.96. The number of aliphatic hydroxyl groups excluding tert-OH is 1. The van der Waals surface area contributed by atoms with Gasteiger partial charge < -0.3 is 14.7 Å². The topological polar surface area (TPSA) is 32.7 Å². The third kappa shape index (κ3) is 2.04. The normalized spacial score (nSPS) is 29.6. The maximum atomic E-state index is 10.4. The van der Waals surface area contributed by atoms with Gasteiger partial charge in [0.05, 0.1) is 6.10 Å². The van der Waals surface area contributed by atoms with Gasteiger partial charge in [0.25, 0.3) is 0 Å². The summed E-state index contributed by atoms with van der Waals surface area (Å²) in [4.78, 5) is 2.63. The zero-order chi connectivity index (χ0) is 13.6. The van der Waals surface area contributed by atoms with Gasteiger partial charge in [0.2, 0.25) is 0 Å². The molecule has 1 atom stereocenters. The lowest BCUT2D eigenvalue weighted by Crippen LogP contribution is -2.54. The van der Waals surface area contributed by atoms with Crippen molar-refractivity contribution in [3.63, 3.8) is 0 Å². The smallest absolute Gasteiger partial charge is 0.125 e. The molecule has 1 spiro atoms. The second-order valence-corrected chi connectivity index (χ2v) is 6.66. The van der Waals surface area contributed by atoms with E-state index < -0.39 is 0 Å². The number of ether oxygens (including phenoxy) is 1. The molecule has 20 heavy (non-hydrogen) atoms. The first kappa shape index (κ1) is 12.7. The Morgan fingerprint density at radius 3 is 2.60 bits per heavy atom. The van der Waals surface area contributed by atoms with E-state index in [-0.39, 0.29) is 11.7 Å². The Balaban J connectivity index is 1.50. The average Bonchev–Trinajstić information content (AvgIpc) is 2.40. The minimum atomic E-state index is -0.366. The van der Waals surface area contributed by atoms with Crippen molar-refractivity contribution in [1.82, 2.24) is 4.90 Å². The number of likely N-dealkylation sites (tertiary alicyclic amines) is 1. The van der Waals surface area contributed by atoms with E-state index in [1.54, 1.807) is 0 Å². The molecule has 108 valence electrons. The van der Waals surface area contributed by atoms with Crippen molar-refractivity contribution in [2.45, 2.75) is 56.3 Å². The molecule has 1 aliphatic carbocycles. The van der Waals surface area contributed by atoms with Crippen LogP contribution in [0.4, 0.5) is 0 Å². The number of nitrogens with zero attached hydrogens (tertiary/aromatic N) is 1. The van der Waals surface area contributed by atoms with Crippen LogP contribution in [0.25, 0.3) is 0 Å². The number of aliphatic hydroxyl groups is 1. The van der Waals surface area contributed by atoms with E-state index in [0.29, 0.717) is 0 Å². The van der Waals surface area contributed by atoms with Crippen LogP contribution < -0.4 is 4.74 Å². The van der Waals surface area contributed by atoms with Gasteiger partial charge >= 0.3 is 0 Å². The summed E-state index contributed by atoms with van der Waals surface area (Å²) in [7, 11) is 0. The van der Waals surface area contributed by atoms with Gasteiger partial charge in [-0.05, 0) is 31.7 Å². The fraction of sp³-hybridized carbons (Fsp3) is 0.647. The zero-order valence-corrected chi connectivity index (χ0v) is 11.9. The number of piperidine rings is 1. The summed E-state index contributed by atoms with van der Waals surface area (Å²) < 4.78 is 6.32. The maximum absolute atomic E-state index is 10.4. The molecule has 1 aromatic carbocycles. The van der Waals surface area contributed by atoms with E-state index >= 15 is 0 Å². The summed E-state index contributed by atoms with van der Waals surface area (Å²) in [6, 6.07) is 8.78. The first-order chi connectivity index (χ1) is 9.76. The molecule has 3 heteroatoms. The Bertz CT molecular complexity index is 490. The lowest BCUT2D eigenvalue weighted by atomic mass is 9.80. The van der Waals surface area contributed by atoms with Crippen LogP contribution in [0, 0.1) is 0 Å². The van der Waals surface area contributed by atoms with Crippen LogP contribution in [0.2, 0.25) is 0 Å². The Hall–Kier alpha value is -1.06. The fourth-order valence-electron chi connectivity index (χ4n) is 3.94. The van der Waals surface area contributed by atoms with Gasteiger partial charge in [0, 0.05) is 31.1 Å². The molecule has 2 heterocycles. The number of para-hydroxylation sites is 1. The maximum Gasteiger partial charge on any atom is 0.125 e. The van der Waals surface area contributed by atoms with Crippen LogP contribution in [0.1, 0.15) is 50.2 Å². The molecule has 1 N–H and O–H groups in total. The molecule has 0 radical (unpaired) electrons. The van der Waals surface area contributed by atoms with Crippen molar-refractivity contribution in [2.75, 3.05) is 13.1 Å². The molecule has 4 rings (SSSR count). The van der Waals surface area contributed by atoms with Crippen LogP contribution in [0.5, 0.6) is 5.75 Å². The Labute approximate surface area is 120 Å². The molecule has 3 nitrogen and oxygen atoms in total. The molecule has 1 aromatic rings. The fourth-order valence-corrected chi connectivity index (χ4v) is 3.94. The van der Waals surface area contributed by atoms with Crippen molar-refractivity contribution >= 4 is 0 Å². The molecule has 3 aliphatic rings. The van der Waals surface area contributed by atoms with Gasteiger partial charge in [-0.2, -0.15) is 0 Å². The Morgan fingerprint density at radius 1 is 1.15 bits per heavy atom. The quantitative estimate of drug-likeness (QED) is 0.854. The highest BCUT2D eigenvalue weighted by molar-refractivity contribution is 5.38. The van der Waals surface area contributed by atoms with Crippen molar-refractivity contribution in [3.05, 3.63) is 29.8 Å². The number of fused-ring (bicyclic) bond motifs is 1. The van der Waals surface area contributed by atoms with Crippen LogP contribution in [0.15, 0.2) is 24.3 Å². The number of hydrogen-bond donors (Lipinski definition) is 1. The lowest BCUT2D eigenvalue weighted by Gasteiger charge is -2.49. The highest BCUT2D eigenvalue weighted by atomic mass is 16.5. The molecule has 2 aliphatic heterocycles. The summed E-state index contributed by atoms with van der Waals surface area (Å²) in [6.07, 6.45) is 6.63. The number of rotatable bonds is 1. The zero-order valence-electron chi connectivity index (χ0n) is 11.9. The van der Waals surface area contributed by atoms with Gasteiger partial charge in [0.1, 0.15) is 11.4 Å². The van der Waals surface area contributed by atoms with E-state index in [0.717, 1.165) is 49.7 Å². The van der Waals surface area contributed by atoms with E-state index in [1.807, 2.05) is 24.3 Å². The van der Waals surface area contributed by atoms with Gasteiger partial charge in [-0.1, -0.05) is 24.6 Å². The first-order valence-electron chi connectivity index (χ1n) is 7.96. The Morgan fingerprint density at radius 2 is 1.90 bits per heavy atom. The van der Waals surface area contributed by atoms with Crippen molar-refractivity contribution < 1.29 is 9.84 Å². The molecular formula is C17H23NO2. The molecule has 0 unspecified atom stereocenters. The van der Waals surface area contributed by atoms with E-state index in [2.05, 4.69) is 4.90 Å². The van der Waals surface area contributed by atoms with Crippen molar-refractivity contribution in [2.24, 2.45) is 0 Å². The number of hydrogen-bond acceptors (Lipinski definition) is 3. The molecular weight excluding hydrogens is 250 g/mol. The third-order valence-corrected chi connectivity index (χ3v) is 5.47. The van der Waals surface area contributed by atoms with Gasteiger partial charge in [-0.3, -0.25) is 0 Å².